The molecule has 0 unspecified atom stereocenters. The van der Waals surface area contributed by atoms with E-state index in [0.717, 1.165) is 23.0 Å². The summed E-state index contributed by atoms with van der Waals surface area (Å²) >= 11 is 3.52. The molecule has 0 spiro atoms. The van der Waals surface area contributed by atoms with Crippen molar-refractivity contribution in [2.45, 2.75) is 32.6 Å². The number of hydrogen-bond donors (Lipinski definition) is 1. The van der Waals surface area contributed by atoms with Crippen LogP contribution in [0.1, 0.15) is 29.7 Å². The quantitative estimate of drug-likeness (QED) is 0.877. The largest absolute Gasteiger partial charge is 0.382 e. The lowest BCUT2D eigenvalue weighted by Crippen LogP contribution is -2.08. The Morgan fingerprint density at radius 2 is 2.06 bits per heavy atom. The highest BCUT2D eigenvalue weighted by atomic mass is 79.9. The normalized spacial score (nSPS) is 14.6. The molecule has 2 N–H and O–H groups in total. The monoisotopic (exact) mass is 305 g/mol. The van der Waals surface area contributed by atoms with Crippen LogP contribution in [0.25, 0.3) is 5.69 Å². The van der Waals surface area contributed by atoms with Gasteiger partial charge in [0.2, 0.25) is 0 Å². The van der Waals surface area contributed by atoms with Gasteiger partial charge in [0.15, 0.2) is 0 Å². The number of nitrogen functional groups attached to an aromatic ring is 1. The number of rotatable bonds is 1. The third kappa shape index (κ3) is 1.85. The summed E-state index contributed by atoms with van der Waals surface area (Å²) in [5, 5.41) is 4.54. The summed E-state index contributed by atoms with van der Waals surface area (Å²) in [6.45, 7) is 2.11. The fourth-order valence-corrected chi connectivity index (χ4v) is 2.99. The minimum atomic E-state index is 0.698. The minimum Gasteiger partial charge on any atom is -0.382 e. The summed E-state index contributed by atoms with van der Waals surface area (Å²) in [7, 11) is 0. The number of halogens is 1. The zero-order valence-corrected chi connectivity index (χ0v) is 12.0. The Kier molecular flexibility index (Phi) is 2.90. The molecule has 1 aromatic carbocycles. The first-order valence-corrected chi connectivity index (χ1v) is 7.09. The number of hydrogen-bond acceptors (Lipinski definition) is 2. The molecule has 2 aromatic rings. The van der Waals surface area contributed by atoms with Gasteiger partial charge >= 0.3 is 0 Å². The summed E-state index contributed by atoms with van der Waals surface area (Å²) in [6.07, 6.45) is 4.59. The Balaban J connectivity index is 2.20. The van der Waals surface area contributed by atoms with Gasteiger partial charge in [0, 0.05) is 15.7 Å². The van der Waals surface area contributed by atoms with E-state index >= 15 is 0 Å². The highest BCUT2D eigenvalue weighted by Crippen LogP contribution is 2.30. The molecule has 0 radical (unpaired) electrons. The van der Waals surface area contributed by atoms with Gasteiger partial charge in [-0.25, -0.2) is 4.68 Å². The predicted octanol–water partition coefficient (Wildman–Crippen LogP) is 3.40. The van der Waals surface area contributed by atoms with E-state index in [1.807, 2.05) is 4.68 Å². The van der Waals surface area contributed by atoms with E-state index in [9.17, 15) is 0 Å². The lowest BCUT2D eigenvalue weighted by atomic mass is 9.97. The molecule has 1 aliphatic rings. The number of aryl methyl sites for hydroxylation is 1. The maximum atomic E-state index is 6.04. The number of nitrogens with two attached hydrogens (primary N) is 1. The third-order valence-electron chi connectivity index (χ3n) is 3.61. The lowest BCUT2D eigenvalue weighted by molar-refractivity contribution is 0.652. The molecule has 4 heteroatoms. The number of nitrogens with zero attached hydrogens (tertiary/aromatic N) is 2. The van der Waals surface area contributed by atoms with Gasteiger partial charge in [0.05, 0.1) is 5.69 Å². The second-order valence-electron chi connectivity index (χ2n) is 4.86. The van der Waals surface area contributed by atoms with Gasteiger partial charge in [0.1, 0.15) is 5.82 Å². The van der Waals surface area contributed by atoms with Crippen LogP contribution < -0.4 is 5.73 Å². The maximum absolute atomic E-state index is 6.04. The van der Waals surface area contributed by atoms with E-state index in [-0.39, 0.29) is 0 Å². The van der Waals surface area contributed by atoms with Crippen molar-refractivity contribution in [2.24, 2.45) is 0 Å². The fourth-order valence-electron chi connectivity index (χ4n) is 2.64. The molecule has 1 aromatic heterocycles. The van der Waals surface area contributed by atoms with E-state index in [0.29, 0.717) is 5.82 Å². The lowest BCUT2D eigenvalue weighted by Gasteiger charge is -2.15. The molecule has 94 valence electrons. The van der Waals surface area contributed by atoms with Crippen molar-refractivity contribution in [3.8, 4) is 5.69 Å². The molecule has 0 atom stereocenters. The van der Waals surface area contributed by atoms with Gasteiger partial charge in [-0.3, -0.25) is 0 Å². The summed E-state index contributed by atoms with van der Waals surface area (Å²) in [5.74, 6) is 0.698. The average molecular weight is 306 g/mol. The molecule has 0 amide bonds. The highest BCUT2D eigenvalue weighted by Gasteiger charge is 2.20. The van der Waals surface area contributed by atoms with Crippen LogP contribution in [0.4, 0.5) is 5.82 Å². The second kappa shape index (κ2) is 4.43. The van der Waals surface area contributed by atoms with Gasteiger partial charge in [-0.15, -0.1) is 0 Å². The number of fused-ring (bicyclic) bond motifs is 1. The molecule has 1 heterocycles. The minimum absolute atomic E-state index is 0.698. The van der Waals surface area contributed by atoms with Crippen LogP contribution in [0.2, 0.25) is 0 Å². The topological polar surface area (TPSA) is 43.8 Å². The van der Waals surface area contributed by atoms with E-state index < -0.39 is 0 Å². The van der Waals surface area contributed by atoms with Crippen LogP contribution in [0.15, 0.2) is 22.7 Å². The van der Waals surface area contributed by atoms with Crippen LogP contribution in [0.3, 0.4) is 0 Å². The van der Waals surface area contributed by atoms with Gasteiger partial charge in [-0.2, -0.15) is 5.10 Å². The smallest absolute Gasteiger partial charge is 0.149 e. The van der Waals surface area contributed by atoms with E-state index in [2.05, 4.69) is 46.2 Å². The first-order chi connectivity index (χ1) is 8.66. The van der Waals surface area contributed by atoms with Crippen LogP contribution >= 0.6 is 15.9 Å². The standard InChI is InChI=1S/C14H16BrN3/c1-9-6-7-10(15)8-13(9)18-12-5-3-2-4-11(12)14(16)17-18/h6-8H,2-5H2,1H3,(H2,16,17). The molecule has 1 aliphatic carbocycles. The highest BCUT2D eigenvalue weighted by molar-refractivity contribution is 9.10. The summed E-state index contributed by atoms with van der Waals surface area (Å²) < 4.78 is 3.10. The second-order valence-corrected chi connectivity index (χ2v) is 5.78. The zero-order valence-electron chi connectivity index (χ0n) is 10.4. The van der Waals surface area contributed by atoms with Crippen molar-refractivity contribution < 1.29 is 0 Å². The first-order valence-electron chi connectivity index (χ1n) is 6.29. The third-order valence-corrected chi connectivity index (χ3v) is 4.10. The van der Waals surface area contributed by atoms with Crippen LogP contribution in [0.5, 0.6) is 0 Å². The molecule has 0 bridgehead atoms. The fraction of sp³-hybridized carbons (Fsp3) is 0.357. The zero-order chi connectivity index (χ0) is 12.7. The van der Waals surface area contributed by atoms with Crippen molar-refractivity contribution in [3.63, 3.8) is 0 Å². The summed E-state index contributed by atoms with van der Waals surface area (Å²) in [4.78, 5) is 0. The number of benzene rings is 1. The molecule has 0 aliphatic heterocycles. The van der Waals surface area contributed by atoms with Crippen molar-refractivity contribution >= 4 is 21.7 Å². The maximum Gasteiger partial charge on any atom is 0.149 e. The number of anilines is 1. The molecule has 3 rings (SSSR count). The van der Waals surface area contributed by atoms with Gasteiger partial charge in [0.25, 0.3) is 0 Å². The Labute approximate surface area is 115 Å². The van der Waals surface area contributed by atoms with Gasteiger partial charge < -0.3 is 5.73 Å². The van der Waals surface area contributed by atoms with E-state index in [1.165, 1.54) is 29.7 Å². The van der Waals surface area contributed by atoms with Crippen LogP contribution in [-0.2, 0) is 12.8 Å². The Hall–Kier alpha value is -1.29. The SMILES string of the molecule is Cc1ccc(Br)cc1-n1nc(N)c2c1CCCC2. The molecule has 3 nitrogen and oxygen atoms in total. The molecule has 0 fully saturated rings. The molecular weight excluding hydrogens is 290 g/mol. The predicted molar refractivity (Wildman–Crippen MR) is 77.1 cm³/mol. The van der Waals surface area contributed by atoms with Crippen molar-refractivity contribution in [2.75, 3.05) is 5.73 Å². The summed E-state index contributed by atoms with van der Waals surface area (Å²) in [6, 6.07) is 6.27. The molecule has 18 heavy (non-hydrogen) atoms. The number of aromatic nitrogens is 2. The summed E-state index contributed by atoms with van der Waals surface area (Å²) in [5.41, 5.74) is 10.9. The van der Waals surface area contributed by atoms with Crippen molar-refractivity contribution in [1.29, 1.82) is 0 Å². The Morgan fingerprint density at radius 1 is 1.28 bits per heavy atom. The molecule has 0 saturated heterocycles. The van der Waals surface area contributed by atoms with Gasteiger partial charge in [-0.05, 0) is 50.3 Å². The van der Waals surface area contributed by atoms with E-state index in [1.54, 1.807) is 0 Å². The Morgan fingerprint density at radius 3 is 2.89 bits per heavy atom. The Bertz CT molecular complexity index is 601. The van der Waals surface area contributed by atoms with Crippen LogP contribution in [0, 0.1) is 6.92 Å². The molecular formula is C14H16BrN3. The van der Waals surface area contributed by atoms with Crippen molar-refractivity contribution in [1.82, 2.24) is 9.78 Å². The average Bonchev–Trinajstić information content (AvgIpc) is 2.71. The first kappa shape index (κ1) is 11.8. The van der Waals surface area contributed by atoms with Gasteiger partial charge in [-0.1, -0.05) is 22.0 Å². The van der Waals surface area contributed by atoms with E-state index in [4.69, 9.17) is 5.73 Å². The van der Waals surface area contributed by atoms with Crippen molar-refractivity contribution in [3.05, 3.63) is 39.5 Å². The van der Waals surface area contributed by atoms with Crippen LogP contribution in [-0.4, -0.2) is 9.78 Å². The molecule has 0 saturated carbocycles.